The van der Waals surface area contributed by atoms with E-state index in [9.17, 15) is 0 Å². The third-order valence-electron chi connectivity index (χ3n) is 20.8. The number of hydrogen-bond acceptors (Lipinski definition) is 8. The molecule has 2 atom stereocenters. The van der Waals surface area contributed by atoms with Crippen LogP contribution in [0.15, 0.2) is 67.2 Å². The summed E-state index contributed by atoms with van der Waals surface area (Å²) < 4.78 is 4.64. The van der Waals surface area contributed by atoms with Gasteiger partial charge in [-0.25, -0.2) is 9.97 Å². The van der Waals surface area contributed by atoms with Gasteiger partial charge in [-0.3, -0.25) is 9.59 Å². The van der Waals surface area contributed by atoms with Crippen molar-refractivity contribution in [3.05, 3.63) is 88.4 Å². The highest BCUT2D eigenvalue weighted by molar-refractivity contribution is 9.11. The van der Waals surface area contributed by atoms with E-state index in [4.69, 9.17) is 9.97 Å². The fourth-order valence-corrected chi connectivity index (χ4v) is 20.6. The second-order valence-electron chi connectivity index (χ2n) is 28.9. The molecular formula is C84H124Br2N4O2S4. The molecule has 0 N–H and O–H groups in total. The molecule has 2 amide bonds. The van der Waals surface area contributed by atoms with E-state index in [1.165, 1.54) is 271 Å². The predicted octanol–water partition coefficient (Wildman–Crippen LogP) is 29.3. The summed E-state index contributed by atoms with van der Waals surface area (Å²) >= 11 is 15.0. The number of carbonyl (C=O) groups is 2. The number of thiazole rings is 2. The van der Waals surface area contributed by atoms with E-state index in [1.54, 1.807) is 22.7 Å². The number of halogens is 2. The van der Waals surface area contributed by atoms with E-state index in [2.05, 4.69) is 132 Å². The summed E-state index contributed by atoms with van der Waals surface area (Å²) in [6, 6.07) is 18.3. The topological polar surface area (TPSA) is 66.4 Å². The fraction of sp³-hybridized carbons (Fsp3) is 0.667. The van der Waals surface area contributed by atoms with Gasteiger partial charge in [-0.05, 0) is 154 Å². The normalized spacial score (nSPS) is 14.2. The number of amides is 2. The highest BCUT2D eigenvalue weighted by Crippen LogP contribution is 2.51. The summed E-state index contributed by atoms with van der Waals surface area (Å²) in [5.41, 5.74) is 9.60. The van der Waals surface area contributed by atoms with Gasteiger partial charge in [0, 0.05) is 22.8 Å². The minimum Gasteiger partial charge on any atom is -0.304 e. The Bertz CT molecular complexity index is 3090. The summed E-state index contributed by atoms with van der Waals surface area (Å²) in [7, 11) is 0. The Hall–Kier alpha value is -3.00. The van der Waals surface area contributed by atoms with Crippen molar-refractivity contribution in [2.24, 2.45) is 11.8 Å². The van der Waals surface area contributed by atoms with Gasteiger partial charge in [-0.15, -0.1) is 45.3 Å². The van der Waals surface area contributed by atoms with Gasteiger partial charge >= 0.3 is 0 Å². The van der Waals surface area contributed by atoms with Gasteiger partial charge in [0.2, 0.25) is 0 Å². The number of hydrogen-bond donors (Lipinski definition) is 0. The molecule has 0 radical (unpaired) electrons. The Morgan fingerprint density at radius 2 is 0.635 bits per heavy atom. The van der Waals surface area contributed by atoms with Crippen molar-refractivity contribution in [1.29, 1.82) is 0 Å². The Balaban J connectivity index is 1.15. The molecule has 2 aromatic carbocycles. The van der Waals surface area contributed by atoms with Crippen LogP contribution in [0.1, 0.15) is 345 Å². The number of carbonyl (C=O) groups excluding carboxylic acids is 2. The first kappa shape index (κ1) is 78.7. The lowest BCUT2D eigenvalue weighted by atomic mass is 9.93. The van der Waals surface area contributed by atoms with Crippen molar-refractivity contribution in [3.63, 3.8) is 0 Å². The van der Waals surface area contributed by atoms with Gasteiger partial charge in [0.25, 0.3) is 11.8 Å². The number of benzene rings is 2. The van der Waals surface area contributed by atoms with Crippen molar-refractivity contribution < 1.29 is 9.59 Å². The van der Waals surface area contributed by atoms with Crippen LogP contribution < -0.4 is 0 Å². The van der Waals surface area contributed by atoms with Crippen molar-refractivity contribution in [1.82, 2.24) is 19.8 Å². The minimum atomic E-state index is -0.0422. The summed E-state index contributed by atoms with van der Waals surface area (Å²) in [5.74, 6) is 0.541. The van der Waals surface area contributed by atoms with Crippen LogP contribution >= 0.6 is 77.2 Å². The molecule has 6 nitrogen and oxygen atoms in total. The number of aromatic nitrogens is 2. The second kappa shape index (κ2) is 44.4. The van der Waals surface area contributed by atoms with Crippen molar-refractivity contribution >= 4 is 121 Å². The first-order chi connectivity index (χ1) is 47.1. The zero-order chi connectivity index (χ0) is 67.7. The monoisotopic (exact) mass is 1510 g/mol. The molecule has 2 aliphatic rings. The largest absolute Gasteiger partial charge is 0.304 e. The molecule has 2 aliphatic heterocycles. The molecule has 0 saturated heterocycles. The van der Waals surface area contributed by atoms with Gasteiger partial charge in [0.05, 0.1) is 50.5 Å². The van der Waals surface area contributed by atoms with Crippen LogP contribution in [-0.4, -0.2) is 44.7 Å². The van der Waals surface area contributed by atoms with Gasteiger partial charge in [-0.1, -0.05) is 298 Å². The maximum Gasteiger partial charge on any atom is 0.261 e. The molecule has 2 unspecified atom stereocenters. The molecule has 0 spiro atoms. The molecule has 12 heteroatoms. The highest BCUT2D eigenvalue weighted by atomic mass is 79.9. The lowest BCUT2D eigenvalue weighted by Gasteiger charge is -2.29. The summed E-state index contributed by atoms with van der Waals surface area (Å²) in [6.45, 7) is 15.0. The minimum absolute atomic E-state index is 0.0422. The first-order valence-corrected chi connectivity index (χ1v) is 44.5. The Kier molecular flexibility index (Phi) is 36.4. The Morgan fingerprint density at radius 1 is 0.354 bits per heavy atom. The molecule has 0 saturated carbocycles. The Labute approximate surface area is 616 Å². The van der Waals surface area contributed by atoms with Crippen LogP contribution in [0.5, 0.6) is 0 Å². The number of unbranched alkanes of at least 4 members (excludes halogenated alkanes) is 34. The van der Waals surface area contributed by atoms with Crippen LogP contribution in [-0.2, 0) is 22.4 Å². The third-order valence-corrected chi connectivity index (χ3v) is 26.9. The van der Waals surface area contributed by atoms with Gasteiger partial charge < -0.3 is 9.80 Å². The Morgan fingerprint density at radius 3 is 0.948 bits per heavy atom. The van der Waals surface area contributed by atoms with Crippen LogP contribution in [0.25, 0.3) is 52.7 Å². The van der Waals surface area contributed by atoms with Crippen molar-refractivity contribution in [2.75, 3.05) is 13.1 Å². The fourth-order valence-electron chi connectivity index (χ4n) is 14.9. The van der Waals surface area contributed by atoms with Crippen molar-refractivity contribution in [2.45, 2.75) is 337 Å². The zero-order valence-electron chi connectivity index (χ0n) is 60.7. The van der Waals surface area contributed by atoms with Gasteiger partial charge in [0.15, 0.2) is 0 Å². The molecule has 530 valence electrons. The molecular weight excluding hydrogens is 1390 g/mol. The van der Waals surface area contributed by atoms with E-state index in [1.807, 2.05) is 22.7 Å². The van der Waals surface area contributed by atoms with Gasteiger partial charge in [-0.2, -0.15) is 0 Å². The number of aryl methyl sites for hydroxylation is 2. The van der Waals surface area contributed by atoms with Crippen LogP contribution in [0.3, 0.4) is 0 Å². The standard InChI is InChI=1S/C84H124Br2N4O2S4/c1-7-13-19-25-29-31-33-35-39-45-51-67-59-71(93-79(67)85)65-53-55-69-73(57-65)95-81(87-69)77-75-76(84(92)89(77)61-63(47-41-23-17-11-5)49-43-37-27-21-15-9-3)78(90(83(75)91)62-64(48-42-24-18-12-6)50-44-38-28-22-16-10-4)82-88-70-56-54-66(58-74(70)96-82)72-60-68(80(86)94-72)52-46-40-36-34-32-30-26-20-14-8-2/h53-60,63-64H,7-52,61-62H2,1-6H3. The zero-order valence-corrected chi connectivity index (χ0v) is 67.1. The maximum atomic E-state index is 16.4. The molecule has 6 heterocycles. The second-order valence-corrected chi connectivity index (χ2v) is 35.7. The molecule has 0 aliphatic carbocycles. The predicted molar refractivity (Wildman–Crippen MR) is 430 cm³/mol. The number of nitrogens with zero attached hydrogens (tertiary/aromatic N) is 4. The van der Waals surface area contributed by atoms with Gasteiger partial charge in [0.1, 0.15) is 10.0 Å². The summed E-state index contributed by atoms with van der Waals surface area (Å²) in [5, 5.41) is 1.56. The third kappa shape index (κ3) is 24.1. The lowest BCUT2D eigenvalue weighted by molar-refractivity contribution is -0.124. The lowest BCUT2D eigenvalue weighted by Crippen LogP contribution is -2.35. The molecule has 0 fully saturated rings. The summed E-state index contributed by atoms with van der Waals surface area (Å²) in [4.78, 5) is 50.4. The van der Waals surface area contributed by atoms with E-state index >= 15 is 9.59 Å². The molecule has 0 bridgehead atoms. The molecule has 6 aromatic rings. The average molecular weight is 1510 g/mol. The van der Waals surface area contributed by atoms with E-state index in [0.717, 1.165) is 106 Å². The van der Waals surface area contributed by atoms with Crippen LogP contribution in [0.4, 0.5) is 0 Å². The van der Waals surface area contributed by atoms with E-state index < -0.39 is 0 Å². The number of thiophene rings is 2. The number of rotatable bonds is 54. The van der Waals surface area contributed by atoms with E-state index in [0.29, 0.717) is 36.1 Å². The SMILES string of the molecule is CCCCCCCCCCCCc1cc(-c2ccc3nc(C4=C5C(=O)N(CC(CCCCCC)CCCCCCCC)C(c6nc7ccc(-c8cc(CCCCCCCCCCCC)c(Br)s8)cc7s6)=C5C(=O)N4CC(CCCCCC)CCCCCCCC)sc3c2)sc1Br. The quantitative estimate of drug-likeness (QED) is 0.0357. The molecule has 4 aromatic heterocycles. The van der Waals surface area contributed by atoms with Crippen LogP contribution in [0.2, 0.25) is 0 Å². The molecule has 96 heavy (non-hydrogen) atoms. The number of fused-ring (bicyclic) bond motifs is 3. The van der Waals surface area contributed by atoms with E-state index in [-0.39, 0.29) is 11.8 Å². The van der Waals surface area contributed by atoms with Crippen molar-refractivity contribution in [3.8, 4) is 20.9 Å². The van der Waals surface area contributed by atoms with Crippen LogP contribution in [0, 0.1) is 11.8 Å². The molecule has 8 rings (SSSR count). The highest BCUT2D eigenvalue weighted by Gasteiger charge is 2.51. The maximum absolute atomic E-state index is 16.4. The summed E-state index contributed by atoms with van der Waals surface area (Å²) in [6.07, 6.45) is 57.8. The average Bonchev–Trinajstić information content (AvgIpc) is 1.55. The smallest absolute Gasteiger partial charge is 0.261 e. The first-order valence-electron chi connectivity index (χ1n) is 39.6.